The Morgan fingerprint density at radius 3 is 2.50 bits per heavy atom. The van der Waals surface area contributed by atoms with E-state index in [-0.39, 0.29) is 0 Å². The van der Waals surface area contributed by atoms with Crippen LogP contribution in [0.1, 0.15) is 0 Å². The van der Waals surface area contributed by atoms with Crippen molar-refractivity contribution in [2.24, 2.45) is 0 Å². The number of carbonyl (C=O) groups is 2. The van der Waals surface area contributed by atoms with Gasteiger partial charge in [-0.15, -0.1) is 11.8 Å². The normalized spacial score (nSPS) is 21.4. The van der Waals surface area contributed by atoms with Crippen molar-refractivity contribution in [2.75, 3.05) is 19.5 Å². The SMILES string of the molecule is COC(=O)C1Nc2ccccc2SC1C(=O)OC. The summed E-state index contributed by atoms with van der Waals surface area (Å²) >= 11 is 1.30. The number of para-hydroxylation sites is 1. The molecule has 2 unspecified atom stereocenters. The zero-order valence-electron chi connectivity index (χ0n) is 10.0. The number of methoxy groups -OCH3 is 2. The first-order chi connectivity index (χ1) is 8.67. The van der Waals surface area contributed by atoms with Gasteiger partial charge in [-0.1, -0.05) is 12.1 Å². The van der Waals surface area contributed by atoms with Crippen LogP contribution in [-0.4, -0.2) is 37.4 Å². The van der Waals surface area contributed by atoms with E-state index in [0.717, 1.165) is 10.6 Å². The summed E-state index contributed by atoms with van der Waals surface area (Å²) in [4.78, 5) is 24.3. The molecule has 0 fully saturated rings. The lowest BCUT2D eigenvalue weighted by atomic mass is 10.1. The fourth-order valence-corrected chi connectivity index (χ4v) is 2.94. The molecule has 0 aliphatic carbocycles. The van der Waals surface area contributed by atoms with E-state index in [1.54, 1.807) is 0 Å². The Labute approximate surface area is 109 Å². The van der Waals surface area contributed by atoms with Gasteiger partial charge in [0.25, 0.3) is 0 Å². The summed E-state index contributed by atoms with van der Waals surface area (Å²) in [5.74, 6) is -0.926. The van der Waals surface area contributed by atoms with Crippen LogP contribution in [0.5, 0.6) is 0 Å². The molecule has 1 N–H and O–H groups in total. The number of thioether (sulfide) groups is 1. The maximum absolute atomic E-state index is 11.7. The van der Waals surface area contributed by atoms with Crippen LogP contribution in [-0.2, 0) is 19.1 Å². The first-order valence-corrected chi connectivity index (χ1v) is 6.23. The molecular weight excluding hydrogens is 254 g/mol. The van der Waals surface area contributed by atoms with Crippen LogP contribution < -0.4 is 5.32 Å². The number of benzene rings is 1. The average Bonchev–Trinajstić information content (AvgIpc) is 2.44. The second kappa shape index (κ2) is 5.30. The first kappa shape index (κ1) is 12.8. The Hall–Kier alpha value is -1.69. The van der Waals surface area contributed by atoms with E-state index in [4.69, 9.17) is 9.47 Å². The highest BCUT2D eigenvalue weighted by molar-refractivity contribution is 8.01. The Kier molecular flexibility index (Phi) is 3.76. The smallest absolute Gasteiger partial charge is 0.330 e. The zero-order chi connectivity index (χ0) is 13.1. The summed E-state index contributed by atoms with van der Waals surface area (Å²) in [6.07, 6.45) is 0. The number of nitrogens with one attached hydrogen (secondary N) is 1. The number of esters is 2. The Morgan fingerprint density at radius 2 is 1.83 bits per heavy atom. The van der Waals surface area contributed by atoms with Crippen LogP contribution in [0, 0.1) is 0 Å². The summed E-state index contributed by atoms with van der Waals surface area (Å²) in [5.41, 5.74) is 0.818. The number of ether oxygens (including phenoxy) is 2. The average molecular weight is 267 g/mol. The van der Waals surface area contributed by atoms with Gasteiger partial charge in [0, 0.05) is 10.6 Å². The van der Waals surface area contributed by atoms with E-state index in [9.17, 15) is 9.59 Å². The van der Waals surface area contributed by atoms with Crippen molar-refractivity contribution < 1.29 is 19.1 Å². The van der Waals surface area contributed by atoms with Crippen molar-refractivity contribution in [3.05, 3.63) is 24.3 Å². The number of hydrogen-bond acceptors (Lipinski definition) is 6. The summed E-state index contributed by atoms with van der Waals surface area (Å²) in [5, 5.41) is 2.38. The Morgan fingerprint density at radius 1 is 1.17 bits per heavy atom. The van der Waals surface area contributed by atoms with Crippen molar-refractivity contribution in [1.29, 1.82) is 0 Å². The van der Waals surface area contributed by atoms with E-state index in [2.05, 4.69) is 5.32 Å². The van der Waals surface area contributed by atoms with Crippen molar-refractivity contribution in [1.82, 2.24) is 0 Å². The highest BCUT2D eigenvalue weighted by Crippen LogP contribution is 2.38. The lowest BCUT2D eigenvalue weighted by molar-refractivity contribution is -0.147. The molecule has 1 aliphatic rings. The number of anilines is 1. The molecule has 18 heavy (non-hydrogen) atoms. The van der Waals surface area contributed by atoms with Crippen molar-refractivity contribution in [3.8, 4) is 0 Å². The lowest BCUT2D eigenvalue weighted by Gasteiger charge is -2.30. The predicted molar refractivity (Wildman–Crippen MR) is 67.5 cm³/mol. The Bertz CT molecular complexity index is 434. The van der Waals surface area contributed by atoms with Gasteiger partial charge in [-0.05, 0) is 12.1 Å². The molecule has 0 amide bonds. The van der Waals surface area contributed by atoms with Crippen LogP contribution >= 0.6 is 11.8 Å². The van der Waals surface area contributed by atoms with Gasteiger partial charge in [0.05, 0.1) is 14.2 Å². The van der Waals surface area contributed by atoms with Gasteiger partial charge in [0.1, 0.15) is 11.3 Å². The van der Waals surface area contributed by atoms with Gasteiger partial charge in [-0.25, -0.2) is 4.79 Å². The predicted octanol–water partition coefficient (Wildman–Crippen LogP) is 1.29. The molecule has 2 atom stereocenters. The topological polar surface area (TPSA) is 64.6 Å². The lowest BCUT2D eigenvalue weighted by Crippen LogP contribution is -2.46. The molecule has 0 saturated carbocycles. The monoisotopic (exact) mass is 267 g/mol. The molecule has 0 aromatic heterocycles. The molecule has 6 heteroatoms. The van der Waals surface area contributed by atoms with Gasteiger partial charge in [-0.3, -0.25) is 4.79 Å². The van der Waals surface area contributed by atoms with E-state index < -0.39 is 23.2 Å². The van der Waals surface area contributed by atoms with Crippen LogP contribution in [0.4, 0.5) is 5.69 Å². The minimum atomic E-state index is -0.734. The highest BCUT2D eigenvalue weighted by atomic mass is 32.2. The second-order valence-corrected chi connectivity index (χ2v) is 4.89. The quantitative estimate of drug-likeness (QED) is 0.815. The number of fused-ring (bicyclic) bond motifs is 1. The van der Waals surface area contributed by atoms with Crippen LogP contribution in [0.25, 0.3) is 0 Å². The van der Waals surface area contributed by atoms with Crippen molar-refractivity contribution >= 4 is 29.4 Å². The van der Waals surface area contributed by atoms with Crippen LogP contribution in [0.3, 0.4) is 0 Å². The summed E-state index contributed by atoms with van der Waals surface area (Å²) in [6.45, 7) is 0. The van der Waals surface area contributed by atoms with Gasteiger partial charge in [0.15, 0.2) is 0 Å². The zero-order valence-corrected chi connectivity index (χ0v) is 10.8. The summed E-state index contributed by atoms with van der Waals surface area (Å²) in [7, 11) is 2.60. The minimum absolute atomic E-state index is 0.447. The molecule has 1 aliphatic heterocycles. The number of rotatable bonds is 2. The van der Waals surface area contributed by atoms with E-state index in [1.165, 1.54) is 26.0 Å². The second-order valence-electron chi connectivity index (χ2n) is 3.70. The summed E-state index contributed by atoms with van der Waals surface area (Å²) < 4.78 is 9.43. The van der Waals surface area contributed by atoms with Gasteiger partial charge in [0.2, 0.25) is 0 Å². The molecule has 0 spiro atoms. The Balaban J connectivity index is 2.33. The molecule has 0 radical (unpaired) electrons. The number of hydrogen-bond donors (Lipinski definition) is 1. The third kappa shape index (κ3) is 2.28. The van der Waals surface area contributed by atoms with Gasteiger partial charge >= 0.3 is 11.9 Å². The molecule has 0 saturated heterocycles. The van der Waals surface area contributed by atoms with E-state index in [1.807, 2.05) is 24.3 Å². The standard InChI is InChI=1S/C12H13NO4S/c1-16-11(14)9-10(12(15)17-2)18-8-6-4-3-5-7(8)13-9/h3-6,9-10,13H,1-2H3. The molecular formula is C12H13NO4S. The van der Waals surface area contributed by atoms with Crippen LogP contribution in [0.2, 0.25) is 0 Å². The van der Waals surface area contributed by atoms with E-state index in [0.29, 0.717) is 0 Å². The molecule has 1 aromatic rings. The fourth-order valence-electron chi connectivity index (χ4n) is 1.75. The molecule has 1 aromatic carbocycles. The molecule has 5 nitrogen and oxygen atoms in total. The maximum Gasteiger partial charge on any atom is 0.330 e. The molecule has 2 rings (SSSR count). The van der Waals surface area contributed by atoms with Crippen molar-refractivity contribution in [3.63, 3.8) is 0 Å². The molecule has 0 bridgehead atoms. The molecule has 1 heterocycles. The highest BCUT2D eigenvalue weighted by Gasteiger charge is 2.40. The largest absolute Gasteiger partial charge is 0.468 e. The third-order valence-corrected chi connectivity index (χ3v) is 3.97. The number of carbonyl (C=O) groups excluding carboxylic acids is 2. The third-order valence-electron chi connectivity index (χ3n) is 2.64. The van der Waals surface area contributed by atoms with E-state index >= 15 is 0 Å². The summed E-state index contributed by atoms with van der Waals surface area (Å²) in [6, 6.07) is 6.74. The van der Waals surface area contributed by atoms with Gasteiger partial charge < -0.3 is 14.8 Å². The minimum Gasteiger partial charge on any atom is -0.468 e. The first-order valence-electron chi connectivity index (χ1n) is 5.35. The van der Waals surface area contributed by atoms with Gasteiger partial charge in [-0.2, -0.15) is 0 Å². The maximum atomic E-state index is 11.7. The molecule has 96 valence electrons. The van der Waals surface area contributed by atoms with Crippen molar-refractivity contribution in [2.45, 2.75) is 16.2 Å². The van der Waals surface area contributed by atoms with Crippen LogP contribution in [0.15, 0.2) is 29.2 Å². The fraction of sp³-hybridized carbons (Fsp3) is 0.333.